The minimum absolute atomic E-state index is 0.127. The number of amides is 1. The first kappa shape index (κ1) is 19.7. The molecule has 2 aromatic heterocycles. The van der Waals surface area contributed by atoms with E-state index in [2.05, 4.69) is 26.1 Å². The summed E-state index contributed by atoms with van der Waals surface area (Å²) in [5.41, 5.74) is 2.14. The third-order valence-electron chi connectivity index (χ3n) is 4.87. The van der Waals surface area contributed by atoms with E-state index in [1.165, 1.54) is 6.92 Å². The van der Waals surface area contributed by atoms with Crippen LogP contribution >= 0.6 is 0 Å². The predicted molar refractivity (Wildman–Crippen MR) is 105 cm³/mol. The molecule has 0 saturated heterocycles. The summed E-state index contributed by atoms with van der Waals surface area (Å²) in [5.74, 6) is -1.70. The van der Waals surface area contributed by atoms with Crippen molar-refractivity contribution in [2.75, 3.05) is 0 Å². The second-order valence-corrected chi connectivity index (χ2v) is 8.04. The first-order valence-electron chi connectivity index (χ1n) is 8.99. The molecule has 1 amide bonds. The van der Waals surface area contributed by atoms with E-state index in [1.54, 1.807) is 19.3 Å². The zero-order valence-corrected chi connectivity index (χ0v) is 16.5. The number of fused-ring (bicyclic) bond motifs is 2. The summed E-state index contributed by atoms with van der Waals surface area (Å²) >= 11 is 0. The zero-order valence-electron chi connectivity index (χ0n) is 16.5. The summed E-state index contributed by atoms with van der Waals surface area (Å²) in [6.45, 7) is 9.36. The fourth-order valence-electron chi connectivity index (χ4n) is 3.21. The molecule has 2 N–H and O–H groups in total. The number of hydrogen-bond donors (Lipinski definition) is 2. The highest BCUT2D eigenvalue weighted by Crippen LogP contribution is 2.35. The Bertz CT molecular complexity index is 1150. The Morgan fingerprint density at radius 1 is 1.18 bits per heavy atom. The number of nitrogens with one attached hydrogen (secondary N) is 1. The van der Waals surface area contributed by atoms with Crippen LogP contribution in [0.2, 0.25) is 0 Å². The molecule has 0 spiro atoms. The summed E-state index contributed by atoms with van der Waals surface area (Å²) < 4.78 is 11.1. The predicted octanol–water partition coefficient (Wildman–Crippen LogP) is 3.28. The molecule has 0 bridgehead atoms. The van der Waals surface area contributed by atoms with Crippen LogP contribution in [0.5, 0.6) is 0 Å². The van der Waals surface area contributed by atoms with Crippen LogP contribution < -0.4 is 10.9 Å². The summed E-state index contributed by atoms with van der Waals surface area (Å²) in [6.07, 6.45) is 1.45. The molecule has 0 aliphatic rings. The number of rotatable bonds is 4. The van der Waals surface area contributed by atoms with Gasteiger partial charge in [0.2, 0.25) is 5.91 Å². The first-order chi connectivity index (χ1) is 13.0. The first-order valence-corrected chi connectivity index (χ1v) is 8.99. The van der Waals surface area contributed by atoms with Gasteiger partial charge >= 0.3 is 11.6 Å². The van der Waals surface area contributed by atoms with Gasteiger partial charge in [0.25, 0.3) is 0 Å². The molecule has 148 valence electrons. The number of aryl methyl sites for hydroxylation is 1. The van der Waals surface area contributed by atoms with Crippen LogP contribution in [0.25, 0.3) is 21.9 Å². The zero-order chi connectivity index (χ0) is 20.8. The number of furan rings is 1. The van der Waals surface area contributed by atoms with Gasteiger partial charge in [-0.3, -0.25) is 9.59 Å². The SMILES string of the molecule is Cc1c(CC(=O)NC(C)C(=O)O)c(=O)oc2cc3occ(C(C)(C)C)c3cc12. The number of hydrogen-bond acceptors (Lipinski definition) is 5. The Balaban J connectivity index is 2.10. The molecule has 3 rings (SSSR count). The van der Waals surface area contributed by atoms with Crippen molar-refractivity contribution in [3.8, 4) is 0 Å². The number of carboxylic acid groups (broad SMARTS) is 1. The molecule has 7 nitrogen and oxygen atoms in total. The molecular weight excluding hydrogens is 362 g/mol. The van der Waals surface area contributed by atoms with Crippen molar-refractivity contribution >= 4 is 33.8 Å². The molecule has 0 aliphatic carbocycles. The second-order valence-electron chi connectivity index (χ2n) is 8.04. The Hall–Kier alpha value is -3.09. The Kier molecular flexibility index (Phi) is 4.79. The topological polar surface area (TPSA) is 110 Å². The minimum atomic E-state index is -1.15. The molecular formula is C21H23NO6. The van der Waals surface area contributed by atoms with Crippen molar-refractivity contribution in [1.82, 2.24) is 5.32 Å². The molecule has 0 radical (unpaired) electrons. The fraction of sp³-hybridized carbons (Fsp3) is 0.381. The quantitative estimate of drug-likeness (QED) is 0.667. The van der Waals surface area contributed by atoms with Crippen LogP contribution in [-0.4, -0.2) is 23.0 Å². The average molecular weight is 385 g/mol. The number of carboxylic acids is 1. The highest BCUT2D eigenvalue weighted by molar-refractivity contribution is 5.97. The van der Waals surface area contributed by atoms with Gasteiger partial charge in [0.1, 0.15) is 17.2 Å². The molecule has 0 saturated carbocycles. The molecule has 28 heavy (non-hydrogen) atoms. The molecule has 2 heterocycles. The van der Waals surface area contributed by atoms with Gasteiger partial charge in [-0.2, -0.15) is 0 Å². The highest BCUT2D eigenvalue weighted by Gasteiger charge is 2.22. The Morgan fingerprint density at radius 2 is 1.86 bits per heavy atom. The van der Waals surface area contributed by atoms with E-state index < -0.39 is 23.5 Å². The van der Waals surface area contributed by atoms with Gasteiger partial charge in [-0.15, -0.1) is 0 Å². The van der Waals surface area contributed by atoms with Crippen molar-refractivity contribution in [2.45, 2.75) is 52.5 Å². The van der Waals surface area contributed by atoms with Crippen LogP contribution in [0.4, 0.5) is 0 Å². The maximum Gasteiger partial charge on any atom is 0.340 e. The number of aliphatic carboxylic acids is 1. The maximum absolute atomic E-state index is 12.4. The Labute approximate surface area is 161 Å². The van der Waals surface area contributed by atoms with E-state index in [-0.39, 0.29) is 17.4 Å². The normalized spacial score (nSPS) is 13.0. The summed E-state index contributed by atoms with van der Waals surface area (Å²) in [4.78, 5) is 35.5. The van der Waals surface area contributed by atoms with E-state index in [4.69, 9.17) is 13.9 Å². The molecule has 1 atom stereocenters. The second kappa shape index (κ2) is 6.82. The van der Waals surface area contributed by atoms with Crippen LogP contribution in [0.1, 0.15) is 44.4 Å². The van der Waals surface area contributed by atoms with E-state index >= 15 is 0 Å². The minimum Gasteiger partial charge on any atom is -0.480 e. The molecule has 7 heteroatoms. The number of carbonyl (C=O) groups excluding carboxylic acids is 1. The third-order valence-corrected chi connectivity index (χ3v) is 4.87. The van der Waals surface area contributed by atoms with Gasteiger partial charge in [-0.05, 0) is 30.9 Å². The lowest BCUT2D eigenvalue weighted by molar-refractivity contribution is -0.141. The van der Waals surface area contributed by atoms with E-state index in [0.29, 0.717) is 22.1 Å². The lowest BCUT2D eigenvalue weighted by atomic mass is 9.86. The molecule has 3 aromatic rings. The van der Waals surface area contributed by atoms with Crippen LogP contribution in [0.3, 0.4) is 0 Å². The van der Waals surface area contributed by atoms with E-state index in [1.807, 2.05) is 6.07 Å². The largest absolute Gasteiger partial charge is 0.480 e. The van der Waals surface area contributed by atoms with Crippen LogP contribution in [-0.2, 0) is 21.4 Å². The number of benzene rings is 1. The Morgan fingerprint density at radius 3 is 2.46 bits per heavy atom. The fourth-order valence-corrected chi connectivity index (χ4v) is 3.21. The van der Waals surface area contributed by atoms with Gasteiger partial charge in [-0.1, -0.05) is 20.8 Å². The standard InChI is InChI=1S/C21H23NO6/c1-10-12-6-14-15(21(3,4)5)9-27-16(14)8-17(12)28-20(26)13(10)7-18(23)22-11(2)19(24)25/h6,8-9,11H,7H2,1-5H3,(H,22,23)(H,24,25). The highest BCUT2D eigenvalue weighted by atomic mass is 16.4. The maximum atomic E-state index is 12.4. The molecule has 1 unspecified atom stereocenters. The lowest BCUT2D eigenvalue weighted by Gasteiger charge is -2.16. The van der Waals surface area contributed by atoms with Gasteiger partial charge in [0.15, 0.2) is 0 Å². The smallest absolute Gasteiger partial charge is 0.340 e. The summed E-state index contributed by atoms with van der Waals surface area (Å²) in [5, 5.41) is 12.9. The average Bonchev–Trinajstić information content (AvgIpc) is 3.00. The van der Waals surface area contributed by atoms with Crippen molar-refractivity contribution in [1.29, 1.82) is 0 Å². The molecule has 0 fully saturated rings. The van der Waals surface area contributed by atoms with Crippen molar-refractivity contribution < 1.29 is 23.5 Å². The van der Waals surface area contributed by atoms with Crippen LogP contribution in [0, 0.1) is 6.92 Å². The lowest BCUT2D eigenvalue weighted by Crippen LogP contribution is -2.39. The van der Waals surface area contributed by atoms with Gasteiger partial charge in [0, 0.05) is 22.4 Å². The van der Waals surface area contributed by atoms with Gasteiger partial charge in [0.05, 0.1) is 18.2 Å². The van der Waals surface area contributed by atoms with Gasteiger partial charge < -0.3 is 19.3 Å². The van der Waals surface area contributed by atoms with Crippen LogP contribution in [0.15, 0.2) is 32.0 Å². The van der Waals surface area contributed by atoms with E-state index in [9.17, 15) is 14.4 Å². The molecule has 0 aliphatic heterocycles. The molecule has 1 aromatic carbocycles. The summed E-state index contributed by atoms with van der Waals surface area (Å²) in [7, 11) is 0. The monoisotopic (exact) mass is 385 g/mol. The third kappa shape index (κ3) is 3.52. The summed E-state index contributed by atoms with van der Waals surface area (Å²) in [6, 6.07) is 2.55. The van der Waals surface area contributed by atoms with E-state index in [0.717, 1.165) is 10.9 Å². The van der Waals surface area contributed by atoms with Gasteiger partial charge in [-0.25, -0.2) is 4.79 Å². The number of carbonyl (C=O) groups is 2. The van der Waals surface area contributed by atoms with Crippen molar-refractivity contribution in [3.63, 3.8) is 0 Å². The van der Waals surface area contributed by atoms with Crippen molar-refractivity contribution in [3.05, 3.63) is 45.5 Å². The van der Waals surface area contributed by atoms with Crippen molar-refractivity contribution in [2.24, 2.45) is 0 Å².